The van der Waals surface area contributed by atoms with Crippen LogP contribution in [-0.4, -0.2) is 11.2 Å². The molecule has 0 radical (unpaired) electrons. The molecular formula is C8H12O. The summed E-state index contributed by atoms with van der Waals surface area (Å²) in [7, 11) is 0. The summed E-state index contributed by atoms with van der Waals surface area (Å²) >= 11 is 0. The van der Waals surface area contributed by atoms with E-state index in [0.29, 0.717) is 5.92 Å². The van der Waals surface area contributed by atoms with Gasteiger partial charge in [0, 0.05) is 5.92 Å². The Hall–Kier alpha value is -0.480. The van der Waals surface area contributed by atoms with Crippen molar-refractivity contribution in [2.75, 3.05) is 0 Å². The van der Waals surface area contributed by atoms with Crippen molar-refractivity contribution in [3.8, 4) is 11.8 Å². The van der Waals surface area contributed by atoms with Gasteiger partial charge < -0.3 is 5.11 Å². The van der Waals surface area contributed by atoms with Crippen molar-refractivity contribution in [2.24, 2.45) is 5.92 Å². The minimum Gasteiger partial charge on any atom is -0.381 e. The highest BCUT2D eigenvalue weighted by molar-refractivity contribution is 5.08. The van der Waals surface area contributed by atoms with Gasteiger partial charge in [0.25, 0.3) is 0 Å². The monoisotopic (exact) mass is 124 g/mol. The number of hydrogen-bond acceptors (Lipinski definition) is 1. The summed E-state index contributed by atoms with van der Waals surface area (Å²) in [5, 5.41) is 8.75. The van der Waals surface area contributed by atoms with E-state index in [9.17, 15) is 0 Å². The highest BCUT2D eigenvalue weighted by Crippen LogP contribution is 2.24. The van der Waals surface area contributed by atoms with Crippen LogP contribution in [0.15, 0.2) is 0 Å². The Kier molecular flexibility index (Phi) is 2.13. The van der Waals surface area contributed by atoms with Crippen molar-refractivity contribution in [1.82, 2.24) is 0 Å². The molecule has 0 bridgehead atoms. The smallest absolute Gasteiger partial charge is 0.111 e. The molecule has 1 aliphatic rings. The molecule has 0 aromatic rings. The van der Waals surface area contributed by atoms with E-state index in [1.54, 1.807) is 6.92 Å². The molecule has 50 valence electrons. The Morgan fingerprint density at radius 2 is 2.22 bits per heavy atom. The molecule has 0 aliphatic heterocycles. The van der Waals surface area contributed by atoms with Crippen LogP contribution in [-0.2, 0) is 0 Å². The Balaban J connectivity index is 2.23. The minimum absolute atomic E-state index is 0.439. The van der Waals surface area contributed by atoms with Crippen molar-refractivity contribution in [1.29, 1.82) is 0 Å². The van der Waals surface area contributed by atoms with E-state index >= 15 is 0 Å². The van der Waals surface area contributed by atoms with Crippen molar-refractivity contribution in [3.05, 3.63) is 0 Å². The summed E-state index contributed by atoms with van der Waals surface area (Å²) in [6, 6.07) is 0. The first-order chi connectivity index (χ1) is 4.29. The second kappa shape index (κ2) is 2.89. The summed E-state index contributed by atoms with van der Waals surface area (Å²) in [6.07, 6.45) is 3.35. The molecule has 0 amide bonds. The Morgan fingerprint density at radius 3 is 2.56 bits per heavy atom. The minimum atomic E-state index is -0.439. The summed E-state index contributed by atoms with van der Waals surface area (Å²) < 4.78 is 0. The van der Waals surface area contributed by atoms with Crippen molar-refractivity contribution < 1.29 is 5.11 Å². The van der Waals surface area contributed by atoms with E-state index in [4.69, 9.17) is 5.11 Å². The second-order valence-corrected chi connectivity index (χ2v) is 2.59. The third-order valence-electron chi connectivity index (χ3n) is 1.60. The van der Waals surface area contributed by atoms with E-state index in [2.05, 4.69) is 11.8 Å². The van der Waals surface area contributed by atoms with Crippen LogP contribution in [0.4, 0.5) is 0 Å². The van der Waals surface area contributed by atoms with Crippen LogP contribution < -0.4 is 0 Å². The van der Waals surface area contributed by atoms with Gasteiger partial charge >= 0.3 is 0 Å². The van der Waals surface area contributed by atoms with E-state index in [1.807, 2.05) is 0 Å². The maximum atomic E-state index is 8.75. The lowest BCUT2D eigenvalue weighted by molar-refractivity contribution is 0.252. The topological polar surface area (TPSA) is 20.2 Å². The Morgan fingerprint density at radius 1 is 1.56 bits per heavy atom. The first kappa shape index (κ1) is 6.64. The maximum absolute atomic E-state index is 8.75. The normalized spacial score (nSPS) is 21.6. The summed E-state index contributed by atoms with van der Waals surface area (Å²) in [5.74, 6) is 6.37. The zero-order valence-electron chi connectivity index (χ0n) is 5.72. The van der Waals surface area contributed by atoms with Gasteiger partial charge in [-0.2, -0.15) is 0 Å². The van der Waals surface area contributed by atoms with Crippen LogP contribution in [0, 0.1) is 17.8 Å². The molecule has 1 fully saturated rings. The number of hydrogen-bond donors (Lipinski definition) is 1. The first-order valence-corrected chi connectivity index (χ1v) is 3.48. The van der Waals surface area contributed by atoms with Crippen LogP contribution >= 0.6 is 0 Å². The molecule has 1 aliphatic carbocycles. The highest BCUT2D eigenvalue weighted by atomic mass is 16.3. The third-order valence-corrected chi connectivity index (χ3v) is 1.60. The lowest BCUT2D eigenvalue weighted by Crippen LogP contribution is -2.08. The van der Waals surface area contributed by atoms with Gasteiger partial charge in [-0.15, -0.1) is 0 Å². The Labute approximate surface area is 56.1 Å². The standard InChI is InChI=1S/C8H12O/c1-7(9)5-6-8-3-2-4-8/h7-9H,2-4H2,1H3. The number of aliphatic hydroxyl groups is 1. The first-order valence-electron chi connectivity index (χ1n) is 3.48. The molecular weight excluding hydrogens is 112 g/mol. The molecule has 0 spiro atoms. The molecule has 1 atom stereocenters. The van der Waals surface area contributed by atoms with E-state index in [1.165, 1.54) is 19.3 Å². The number of aliphatic hydroxyl groups excluding tert-OH is 1. The van der Waals surface area contributed by atoms with Crippen LogP contribution in [0.3, 0.4) is 0 Å². The van der Waals surface area contributed by atoms with Crippen molar-refractivity contribution in [2.45, 2.75) is 32.3 Å². The molecule has 9 heavy (non-hydrogen) atoms. The summed E-state index contributed by atoms with van der Waals surface area (Å²) in [6.45, 7) is 1.70. The highest BCUT2D eigenvalue weighted by Gasteiger charge is 2.13. The molecule has 0 aromatic carbocycles. The quantitative estimate of drug-likeness (QED) is 0.481. The summed E-state index contributed by atoms with van der Waals surface area (Å²) in [5.41, 5.74) is 0. The van der Waals surface area contributed by atoms with Crippen molar-refractivity contribution in [3.63, 3.8) is 0 Å². The second-order valence-electron chi connectivity index (χ2n) is 2.59. The predicted octanol–water partition coefficient (Wildman–Crippen LogP) is 1.17. The van der Waals surface area contributed by atoms with Gasteiger partial charge in [-0.1, -0.05) is 18.3 Å². The molecule has 1 heteroatoms. The summed E-state index contributed by atoms with van der Waals surface area (Å²) in [4.78, 5) is 0. The maximum Gasteiger partial charge on any atom is 0.111 e. The average molecular weight is 124 g/mol. The molecule has 0 saturated heterocycles. The van der Waals surface area contributed by atoms with Gasteiger partial charge in [0.1, 0.15) is 6.10 Å². The molecule has 1 saturated carbocycles. The van der Waals surface area contributed by atoms with E-state index in [0.717, 1.165) is 0 Å². The van der Waals surface area contributed by atoms with Gasteiger partial charge in [-0.05, 0) is 19.8 Å². The lowest BCUT2D eigenvalue weighted by Gasteiger charge is -2.18. The van der Waals surface area contributed by atoms with Gasteiger partial charge in [0.2, 0.25) is 0 Å². The SMILES string of the molecule is CC(O)C#CC1CCC1. The molecule has 0 heterocycles. The fourth-order valence-electron chi connectivity index (χ4n) is 0.791. The largest absolute Gasteiger partial charge is 0.381 e. The third kappa shape index (κ3) is 2.07. The molecule has 1 rings (SSSR count). The lowest BCUT2D eigenvalue weighted by atomic mass is 9.86. The van der Waals surface area contributed by atoms with E-state index < -0.39 is 6.10 Å². The Bertz CT molecular complexity index is 134. The van der Waals surface area contributed by atoms with Crippen LogP contribution in [0.2, 0.25) is 0 Å². The van der Waals surface area contributed by atoms with Crippen molar-refractivity contribution >= 4 is 0 Å². The van der Waals surface area contributed by atoms with Crippen LogP contribution in [0.1, 0.15) is 26.2 Å². The average Bonchev–Trinajstić information content (AvgIpc) is 1.60. The zero-order valence-corrected chi connectivity index (χ0v) is 5.72. The predicted molar refractivity (Wildman–Crippen MR) is 36.8 cm³/mol. The molecule has 1 nitrogen and oxygen atoms in total. The van der Waals surface area contributed by atoms with Gasteiger partial charge in [-0.3, -0.25) is 0 Å². The molecule has 1 unspecified atom stereocenters. The van der Waals surface area contributed by atoms with Gasteiger partial charge in [0.05, 0.1) is 0 Å². The zero-order chi connectivity index (χ0) is 6.69. The van der Waals surface area contributed by atoms with Crippen LogP contribution in [0.5, 0.6) is 0 Å². The van der Waals surface area contributed by atoms with Crippen LogP contribution in [0.25, 0.3) is 0 Å². The van der Waals surface area contributed by atoms with Gasteiger partial charge in [-0.25, -0.2) is 0 Å². The molecule has 0 aromatic heterocycles. The van der Waals surface area contributed by atoms with Gasteiger partial charge in [0.15, 0.2) is 0 Å². The molecule has 1 N–H and O–H groups in total. The fraction of sp³-hybridized carbons (Fsp3) is 0.750. The number of rotatable bonds is 0. The fourth-order valence-corrected chi connectivity index (χ4v) is 0.791. The van der Waals surface area contributed by atoms with E-state index in [-0.39, 0.29) is 0 Å².